The smallest absolute Gasteiger partial charge is 0.336 e. The SMILES string of the molecule is CCCc1cc(=O)oc2cc(OS(C)(=O)=O)cc(OS(C)(=O)=O)c12. The Morgan fingerprint density at radius 2 is 1.62 bits per heavy atom. The van der Waals surface area contributed by atoms with E-state index in [1.54, 1.807) is 0 Å². The van der Waals surface area contributed by atoms with Crippen LogP contribution >= 0.6 is 0 Å². The normalized spacial score (nSPS) is 12.3. The van der Waals surface area contributed by atoms with E-state index in [0.29, 0.717) is 18.4 Å². The lowest BCUT2D eigenvalue weighted by atomic mass is 10.0. The summed E-state index contributed by atoms with van der Waals surface area (Å²) in [4.78, 5) is 11.7. The highest BCUT2D eigenvalue weighted by atomic mass is 32.2. The van der Waals surface area contributed by atoms with Crippen LogP contribution in [0.15, 0.2) is 27.4 Å². The van der Waals surface area contributed by atoms with E-state index in [4.69, 9.17) is 12.8 Å². The first-order valence-corrected chi connectivity index (χ1v) is 10.5. The van der Waals surface area contributed by atoms with E-state index in [1.165, 1.54) is 12.1 Å². The first-order valence-electron chi connectivity index (χ1n) is 6.88. The van der Waals surface area contributed by atoms with E-state index < -0.39 is 25.9 Å². The number of aryl methyl sites for hydroxylation is 1. The molecule has 0 spiro atoms. The Morgan fingerprint density at radius 1 is 1.00 bits per heavy atom. The summed E-state index contributed by atoms with van der Waals surface area (Å²) >= 11 is 0. The highest BCUT2D eigenvalue weighted by Crippen LogP contribution is 2.34. The van der Waals surface area contributed by atoms with Gasteiger partial charge in [0, 0.05) is 18.2 Å². The van der Waals surface area contributed by atoms with E-state index in [0.717, 1.165) is 18.6 Å². The maximum atomic E-state index is 11.7. The van der Waals surface area contributed by atoms with Crippen molar-refractivity contribution in [3.05, 3.63) is 34.2 Å². The van der Waals surface area contributed by atoms with Crippen molar-refractivity contribution in [3.8, 4) is 11.5 Å². The van der Waals surface area contributed by atoms with Crippen molar-refractivity contribution in [1.82, 2.24) is 0 Å². The van der Waals surface area contributed by atoms with Crippen LogP contribution in [0.25, 0.3) is 11.0 Å². The van der Waals surface area contributed by atoms with Gasteiger partial charge in [-0.15, -0.1) is 0 Å². The van der Waals surface area contributed by atoms with Gasteiger partial charge in [0.25, 0.3) is 0 Å². The van der Waals surface area contributed by atoms with Gasteiger partial charge < -0.3 is 12.8 Å². The highest BCUT2D eigenvalue weighted by molar-refractivity contribution is 7.86. The molecule has 10 heteroatoms. The molecule has 0 bridgehead atoms. The van der Waals surface area contributed by atoms with Gasteiger partial charge in [0.1, 0.15) is 11.3 Å². The first kappa shape index (κ1) is 18.3. The second-order valence-electron chi connectivity index (χ2n) is 5.21. The number of fused-ring (bicyclic) bond motifs is 1. The topological polar surface area (TPSA) is 117 Å². The van der Waals surface area contributed by atoms with Crippen molar-refractivity contribution in [2.45, 2.75) is 19.8 Å². The third kappa shape index (κ3) is 4.71. The number of hydrogen-bond acceptors (Lipinski definition) is 8. The molecule has 0 atom stereocenters. The summed E-state index contributed by atoms with van der Waals surface area (Å²) in [5.74, 6) is -0.388. The zero-order chi connectivity index (χ0) is 18.1. The van der Waals surface area contributed by atoms with Crippen LogP contribution in [-0.2, 0) is 26.7 Å². The molecule has 0 saturated carbocycles. The highest BCUT2D eigenvalue weighted by Gasteiger charge is 2.18. The van der Waals surface area contributed by atoms with Gasteiger partial charge in [-0.2, -0.15) is 16.8 Å². The van der Waals surface area contributed by atoms with Gasteiger partial charge in [-0.25, -0.2) is 4.79 Å². The maximum absolute atomic E-state index is 11.7. The molecule has 0 radical (unpaired) electrons. The summed E-state index contributed by atoms with van der Waals surface area (Å²) in [5.41, 5.74) is -0.133. The summed E-state index contributed by atoms with van der Waals surface area (Å²) in [6, 6.07) is 3.58. The van der Waals surface area contributed by atoms with E-state index in [9.17, 15) is 21.6 Å². The lowest BCUT2D eigenvalue weighted by Crippen LogP contribution is -2.10. The van der Waals surface area contributed by atoms with Crippen LogP contribution in [0.5, 0.6) is 11.5 Å². The minimum atomic E-state index is -3.90. The first-order chi connectivity index (χ1) is 11.0. The lowest BCUT2D eigenvalue weighted by molar-refractivity contribution is 0.482. The Bertz CT molecular complexity index is 1030. The predicted octanol–water partition coefficient (Wildman–Crippen LogP) is 1.42. The molecule has 0 amide bonds. The monoisotopic (exact) mass is 376 g/mol. The van der Waals surface area contributed by atoms with E-state index in [1.807, 2.05) is 6.92 Å². The van der Waals surface area contributed by atoms with Crippen molar-refractivity contribution in [1.29, 1.82) is 0 Å². The van der Waals surface area contributed by atoms with Crippen LogP contribution in [0.1, 0.15) is 18.9 Å². The van der Waals surface area contributed by atoms with Crippen LogP contribution in [0.4, 0.5) is 0 Å². The molecule has 0 aliphatic carbocycles. The predicted molar refractivity (Wildman–Crippen MR) is 87.4 cm³/mol. The Balaban J connectivity index is 2.82. The largest absolute Gasteiger partial charge is 0.422 e. The average molecular weight is 376 g/mol. The molecule has 0 unspecified atom stereocenters. The zero-order valence-corrected chi connectivity index (χ0v) is 14.9. The Kier molecular flexibility index (Phi) is 4.90. The van der Waals surface area contributed by atoms with E-state index >= 15 is 0 Å². The fourth-order valence-electron chi connectivity index (χ4n) is 2.23. The van der Waals surface area contributed by atoms with Gasteiger partial charge in [0.05, 0.1) is 17.9 Å². The molecule has 24 heavy (non-hydrogen) atoms. The minimum absolute atomic E-state index is 0.0225. The summed E-state index contributed by atoms with van der Waals surface area (Å²) in [5, 5.41) is 0.280. The Morgan fingerprint density at radius 3 is 2.17 bits per heavy atom. The standard InChI is InChI=1S/C14H16O8S2/c1-4-5-9-6-13(15)20-11-7-10(21-23(2,16)17)8-12(14(9)11)22-24(3,18)19/h6-8H,4-5H2,1-3H3. The third-order valence-corrected chi connectivity index (χ3v) is 3.85. The van der Waals surface area contributed by atoms with Gasteiger partial charge >= 0.3 is 25.9 Å². The van der Waals surface area contributed by atoms with Gasteiger partial charge in [0.2, 0.25) is 0 Å². The van der Waals surface area contributed by atoms with Crippen molar-refractivity contribution in [3.63, 3.8) is 0 Å². The number of hydrogen-bond donors (Lipinski definition) is 0. The summed E-state index contributed by atoms with van der Waals surface area (Å²) in [6.45, 7) is 1.89. The molecule has 8 nitrogen and oxygen atoms in total. The molecule has 0 aliphatic heterocycles. The fourth-order valence-corrected chi connectivity index (χ4v) is 3.14. The van der Waals surface area contributed by atoms with Crippen LogP contribution in [0.2, 0.25) is 0 Å². The van der Waals surface area contributed by atoms with Gasteiger partial charge in [-0.3, -0.25) is 0 Å². The number of benzene rings is 1. The second kappa shape index (κ2) is 6.44. The molecule has 0 N–H and O–H groups in total. The molecule has 0 saturated heterocycles. The van der Waals surface area contributed by atoms with E-state index in [2.05, 4.69) is 0 Å². The van der Waals surface area contributed by atoms with Crippen molar-refractivity contribution < 1.29 is 29.6 Å². The van der Waals surface area contributed by atoms with Gasteiger partial charge in [-0.05, 0) is 12.0 Å². The summed E-state index contributed by atoms with van der Waals surface area (Å²) in [6.07, 6.45) is 2.85. The molecule has 132 valence electrons. The second-order valence-corrected chi connectivity index (χ2v) is 8.36. The average Bonchev–Trinajstić information content (AvgIpc) is 2.33. The molecule has 0 aliphatic rings. The number of rotatable bonds is 6. The zero-order valence-electron chi connectivity index (χ0n) is 13.2. The lowest BCUT2D eigenvalue weighted by Gasteiger charge is -2.12. The molecule has 2 aromatic rings. The fraction of sp³-hybridized carbons (Fsp3) is 0.357. The summed E-state index contributed by atoms with van der Waals surface area (Å²) in [7, 11) is -7.76. The molecule has 2 rings (SSSR count). The van der Waals surface area contributed by atoms with Crippen molar-refractivity contribution >= 4 is 31.2 Å². The van der Waals surface area contributed by atoms with Crippen LogP contribution in [-0.4, -0.2) is 29.3 Å². The molecular formula is C14H16O8S2. The van der Waals surface area contributed by atoms with Crippen LogP contribution in [0.3, 0.4) is 0 Å². The molecule has 0 fully saturated rings. The Hall–Kier alpha value is -2.07. The quantitative estimate of drug-likeness (QED) is 0.549. The van der Waals surface area contributed by atoms with Crippen LogP contribution < -0.4 is 14.0 Å². The Labute approximate surface area is 139 Å². The maximum Gasteiger partial charge on any atom is 0.336 e. The summed E-state index contributed by atoms with van der Waals surface area (Å²) < 4.78 is 60.3. The minimum Gasteiger partial charge on any atom is -0.422 e. The molecule has 1 aromatic heterocycles. The third-order valence-electron chi connectivity index (χ3n) is 2.87. The molecular weight excluding hydrogens is 360 g/mol. The van der Waals surface area contributed by atoms with Crippen LogP contribution in [0, 0.1) is 0 Å². The van der Waals surface area contributed by atoms with Crippen molar-refractivity contribution in [2.75, 3.05) is 12.5 Å². The van der Waals surface area contributed by atoms with E-state index in [-0.39, 0.29) is 22.5 Å². The molecule has 1 heterocycles. The van der Waals surface area contributed by atoms with Crippen molar-refractivity contribution in [2.24, 2.45) is 0 Å². The van der Waals surface area contributed by atoms with Gasteiger partial charge in [0.15, 0.2) is 5.75 Å². The molecule has 1 aromatic carbocycles. The van der Waals surface area contributed by atoms with Gasteiger partial charge in [-0.1, -0.05) is 13.3 Å².